The fourth-order valence-corrected chi connectivity index (χ4v) is 5.65. The third-order valence-corrected chi connectivity index (χ3v) is 7.66. The molecule has 2 fully saturated rings. The Morgan fingerprint density at radius 1 is 1.00 bits per heavy atom. The molecule has 0 bridgehead atoms. The van der Waals surface area contributed by atoms with Gasteiger partial charge in [-0.05, 0) is 75.5 Å². The molecule has 2 heterocycles. The van der Waals surface area contributed by atoms with Crippen molar-refractivity contribution < 1.29 is 18.8 Å². The van der Waals surface area contributed by atoms with Gasteiger partial charge in [-0.2, -0.15) is 0 Å². The quantitative estimate of drug-likeness (QED) is 0.540. The predicted octanol–water partition coefficient (Wildman–Crippen LogP) is 4.48. The van der Waals surface area contributed by atoms with E-state index in [2.05, 4.69) is 15.5 Å². The Morgan fingerprint density at radius 2 is 1.73 bits per heavy atom. The Labute approximate surface area is 218 Å². The molecule has 7 nitrogen and oxygen atoms in total. The van der Waals surface area contributed by atoms with Gasteiger partial charge in [0.25, 0.3) is 0 Å². The minimum atomic E-state index is -0.328. The van der Waals surface area contributed by atoms with Gasteiger partial charge in [-0.3, -0.25) is 14.5 Å². The summed E-state index contributed by atoms with van der Waals surface area (Å²) in [4.78, 5) is 41.5. The third-order valence-electron chi connectivity index (χ3n) is 7.66. The molecule has 0 saturated carbocycles. The van der Waals surface area contributed by atoms with Crippen LogP contribution in [0, 0.1) is 11.7 Å². The lowest BCUT2D eigenvalue weighted by Gasteiger charge is -2.47. The second kappa shape index (κ2) is 12.3. The highest BCUT2D eigenvalue weighted by molar-refractivity contribution is 5.96. The largest absolute Gasteiger partial charge is 0.342 e. The van der Waals surface area contributed by atoms with Crippen LogP contribution in [0.2, 0.25) is 0 Å². The minimum Gasteiger partial charge on any atom is -0.342 e. The second-order valence-electron chi connectivity index (χ2n) is 10.3. The molecule has 198 valence electrons. The first-order valence-electron chi connectivity index (χ1n) is 13.2. The van der Waals surface area contributed by atoms with Crippen molar-refractivity contribution in [1.82, 2.24) is 15.1 Å². The lowest BCUT2D eigenvalue weighted by molar-refractivity contribution is -0.131. The van der Waals surface area contributed by atoms with Crippen LogP contribution in [0.3, 0.4) is 0 Å². The second-order valence-corrected chi connectivity index (χ2v) is 10.3. The van der Waals surface area contributed by atoms with Crippen molar-refractivity contribution in [3.05, 3.63) is 65.5 Å². The molecule has 3 unspecified atom stereocenters. The third kappa shape index (κ3) is 7.16. The van der Waals surface area contributed by atoms with E-state index in [0.717, 1.165) is 37.9 Å². The first kappa shape index (κ1) is 26.8. The molecule has 37 heavy (non-hydrogen) atoms. The first-order chi connectivity index (χ1) is 17.8. The molecule has 2 aromatic rings. The summed E-state index contributed by atoms with van der Waals surface area (Å²) in [5.74, 6) is -0.280. The minimum absolute atomic E-state index is 0.00936. The van der Waals surface area contributed by atoms with Gasteiger partial charge in [0, 0.05) is 49.3 Å². The van der Waals surface area contributed by atoms with Crippen LogP contribution in [-0.4, -0.2) is 65.8 Å². The van der Waals surface area contributed by atoms with Gasteiger partial charge in [-0.25, -0.2) is 9.18 Å². The maximum Gasteiger partial charge on any atom is 0.319 e. The van der Waals surface area contributed by atoms with Gasteiger partial charge in [0.05, 0.1) is 0 Å². The number of ketones is 1. The highest BCUT2D eigenvalue weighted by Crippen LogP contribution is 2.29. The van der Waals surface area contributed by atoms with Crippen molar-refractivity contribution in [3.8, 4) is 0 Å². The Bertz CT molecular complexity index is 1100. The maximum atomic E-state index is 13.6. The van der Waals surface area contributed by atoms with E-state index in [0.29, 0.717) is 30.8 Å². The number of amides is 3. The van der Waals surface area contributed by atoms with E-state index in [-0.39, 0.29) is 41.5 Å². The van der Waals surface area contributed by atoms with Gasteiger partial charge in [-0.15, -0.1) is 0 Å². The van der Waals surface area contributed by atoms with Crippen LogP contribution in [0.4, 0.5) is 14.9 Å². The summed E-state index contributed by atoms with van der Waals surface area (Å²) < 4.78 is 13.6. The molecule has 3 amide bonds. The van der Waals surface area contributed by atoms with Gasteiger partial charge in [0.2, 0.25) is 5.91 Å². The molecule has 4 rings (SSSR count). The molecule has 0 radical (unpaired) electrons. The summed E-state index contributed by atoms with van der Waals surface area (Å²) >= 11 is 0. The molecule has 0 aliphatic carbocycles. The molecule has 2 aromatic carbocycles. The van der Waals surface area contributed by atoms with E-state index >= 15 is 0 Å². The molecule has 2 aliphatic rings. The highest BCUT2D eigenvalue weighted by atomic mass is 19.1. The number of hydrogen-bond acceptors (Lipinski definition) is 4. The molecule has 3 atom stereocenters. The number of halogens is 1. The fraction of sp³-hybridized carbons (Fsp3) is 0.483. The van der Waals surface area contributed by atoms with Gasteiger partial charge < -0.3 is 15.5 Å². The van der Waals surface area contributed by atoms with Crippen molar-refractivity contribution in [3.63, 3.8) is 0 Å². The van der Waals surface area contributed by atoms with Crippen LogP contribution in [-0.2, 0) is 11.2 Å². The topological polar surface area (TPSA) is 81.8 Å². The molecule has 0 aromatic heterocycles. The smallest absolute Gasteiger partial charge is 0.319 e. The van der Waals surface area contributed by atoms with E-state index in [9.17, 15) is 18.8 Å². The lowest BCUT2D eigenvalue weighted by Crippen LogP contribution is -2.60. The first-order valence-corrected chi connectivity index (χ1v) is 13.2. The number of anilines is 1. The highest BCUT2D eigenvalue weighted by Gasteiger charge is 2.39. The molecular formula is C29H37FN4O3. The number of carbonyl (C=O) groups is 3. The number of nitrogens with zero attached hydrogens (tertiary/aromatic N) is 2. The molecule has 0 spiro atoms. The number of nitrogens with one attached hydrogen (secondary N) is 2. The summed E-state index contributed by atoms with van der Waals surface area (Å²) in [7, 11) is 0. The van der Waals surface area contributed by atoms with E-state index in [1.54, 1.807) is 31.2 Å². The average Bonchev–Trinajstić information content (AvgIpc) is 2.89. The van der Waals surface area contributed by atoms with Gasteiger partial charge in [0.1, 0.15) is 5.82 Å². The van der Waals surface area contributed by atoms with Crippen molar-refractivity contribution in [2.75, 3.05) is 31.5 Å². The lowest BCUT2D eigenvalue weighted by atomic mass is 9.81. The van der Waals surface area contributed by atoms with Crippen LogP contribution < -0.4 is 10.6 Å². The Balaban J connectivity index is 1.56. The van der Waals surface area contributed by atoms with Crippen molar-refractivity contribution in [2.24, 2.45) is 5.92 Å². The number of Topliss-reactive ketones (excluding diaryl/α,β-unsaturated/α-hetero) is 1. The molecule has 2 aliphatic heterocycles. The number of piperidine rings is 2. The van der Waals surface area contributed by atoms with Gasteiger partial charge in [-0.1, -0.05) is 30.7 Å². The Hall–Kier alpha value is -3.26. The molecule has 2 N–H and O–H groups in total. The number of likely N-dealkylation sites (tertiary alicyclic amines) is 2. The summed E-state index contributed by atoms with van der Waals surface area (Å²) in [6.07, 6.45) is 4.81. The number of hydrogen-bond donors (Lipinski definition) is 2. The zero-order chi connectivity index (χ0) is 26.4. The van der Waals surface area contributed by atoms with E-state index in [1.165, 1.54) is 25.5 Å². The van der Waals surface area contributed by atoms with Gasteiger partial charge in [0.15, 0.2) is 5.78 Å². The van der Waals surface area contributed by atoms with E-state index in [1.807, 2.05) is 17.0 Å². The van der Waals surface area contributed by atoms with Crippen molar-refractivity contribution in [2.45, 2.75) is 58.0 Å². The zero-order valence-corrected chi connectivity index (χ0v) is 21.7. The molecule has 2 saturated heterocycles. The number of benzene rings is 2. The van der Waals surface area contributed by atoms with Crippen LogP contribution in [0.15, 0.2) is 48.5 Å². The van der Waals surface area contributed by atoms with Crippen LogP contribution in [0.1, 0.15) is 55.5 Å². The monoisotopic (exact) mass is 508 g/mol. The Kier molecular flexibility index (Phi) is 8.92. The van der Waals surface area contributed by atoms with E-state index in [4.69, 9.17) is 0 Å². The SMILES string of the molecule is CC(=O)c1cccc(NC(=O)NC2CCN(C(C)=O)CC2C(Cc2ccc(F)cc2)N2CCCCC2)c1. The molecular weight excluding hydrogens is 471 g/mol. The normalized spacial score (nSPS) is 21.2. The number of urea groups is 1. The summed E-state index contributed by atoms with van der Waals surface area (Å²) in [5, 5.41) is 6.06. The summed E-state index contributed by atoms with van der Waals surface area (Å²) in [6.45, 7) is 6.17. The summed E-state index contributed by atoms with van der Waals surface area (Å²) in [6, 6.07) is 13.2. The standard InChI is InChI=1S/C29H37FN4O3/c1-20(35)23-7-6-8-25(18-23)31-29(37)32-27-13-16-34(21(2)36)19-26(27)28(33-14-4-3-5-15-33)17-22-9-11-24(30)12-10-22/h6-12,18,26-28H,3-5,13-17,19H2,1-2H3,(H2,31,32,37). The number of rotatable bonds is 7. The Morgan fingerprint density at radius 3 is 2.41 bits per heavy atom. The van der Waals surface area contributed by atoms with E-state index < -0.39 is 0 Å². The average molecular weight is 509 g/mol. The maximum absolute atomic E-state index is 13.6. The zero-order valence-electron chi connectivity index (χ0n) is 21.7. The predicted molar refractivity (Wildman–Crippen MR) is 142 cm³/mol. The van der Waals surface area contributed by atoms with Gasteiger partial charge >= 0.3 is 6.03 Å². The molecule has 8 heteroatoms. The van der Waals surface area contributed by atoms with Crippen LogP contribution in [0.25, 0.3) is 0 Å². The van der Waals surface area contributed by atoms with Crippen LogP contribution >= 0.6 is 0 Å². The van der Waals surface area contributed by atoms with Crippen molar-refractivity contribution >= 4 is 23.4 Å². The number of carbonyl (C=O) groups excluding carboxylic acids is 3. The van der Waals surface area contributed by atoms with Crippen molar-refractivity contribution in [1.29, 1.82) is 0 Å². The van der Waals surface area contributed by atoms with Crippen LogP contribution in [0.5, 0.6) is 0 Å². The summed E-state index contributed by atoms with van der Waals surface area (Å²) in [5.41, 5.74) is 2.14. The fourth-order valence-electron chi connectivity index (χ4n) is 5.65.